The summed E-state index contributed by atoms with van der Waals surface area (Å²) in [4.78, 5) is 12.7. The highest BCUT2D eigenvalue weighted by Gasteiger charge is 2.25. The van der Waals surface area contributed by atoms with E-state index in [1.165, 1.54) is 17.8 Å². The monoisotopic (exact) mass is 330 g/mol. The summed E-state index contributed by atoms with van der Waals surface area (Å²) in [5, 5.41) is 0. The average Bonchev–Trinajstić information content (AvgIpc) is 2.77. The number of ether oxygens (including phenoxy) is 1. The first kappa shape index (κ1) is 14.2. The van der Waals surface area contributed by atoms with E-state index < -0.39 is 0 Å². The van der Waals surface area contributed by atoms with Crippen LogP contribution in [0, 0.1) is 11.8 Å². The maximum Gasteiger partial charge on any atom is 0.198 e. The van der Waals surface area contributed by atoms with Crippen LogP contribution in [0.4, 0.5) is 0 Å². The topological polar surface area (TPSA) is 26.3 Å². The fourth-order valence-corrected chi connectivity index (χ4v) is 3.69. The van der Waals surface area contributed by atoms with Crippen molar-refractivity contribution in [3.05, 3.63) is 20.8 Å². The Bertz CT molecular complexity index is 416. The third-order valence-electron chi connectivity index (χ3n) is 3.85. The molecule has 1 aromatic rings. The van der Waals surface area contributed by atoms with Gasteiger partial charge in [-0.15, -0.1) is 11.3 Å². The summed E-state index contributed by atoms with van der Waals surface area (Å²) in [6, 6.07) is 3.76. The van der Waals surface area contributed by atoms with Crippen LogP contribution < -0.4 is 0 Å². The molecule has 0 amide bonds. The Hall–Kier alpha value is -0.190. The Morgan fingerprint density at radius 2 is 2.17 bits per heavy atom. The Labute approximate surface area is 121 Å². The number of carbonyl (C=O) groups excluding carboxylic acids is 1. The number of Topliss-reactive ketones (excluding diaryl/α,β-unsaturated/α-hetero) is 1. The van der Waals surface area contributed by atoms with E-state index >= 15 is 0 Å². The summed E-state index contributed by atoms with van der Waals surface area (Å²) in [7, 11) is 0. The molecule has 1 heterocycles. The Morgan fingerprint density at radius 1 is 1.39 bits per heavy atom. The molecular weight excluding hydrogens is 312 g/mol. The standard InChI is InChI=1S/C14H19BrO2S/c1-9-3-4-11(7-10(9)2)17-8-12(16)13-5-6-14(15)18-13/h5-6,9-11H,3-4,7-8H2,1-2H3. The van der Waals surface area contributed by atoms with E-state index in [0.717, 1.165) is 27.4 Å². The van der Waals surface area contributed by atoms with Gasteiger partial charge in [0.2, 0.25) is 0 Å². The minimum absolute atomic E-state index is 0.0944. The highest BCUT2D eigenvalue weighted by molar-refractivity contribution is 9.11. The predicted molar refractivity (Wildman–Crippen MR) is 78.3 cm³/mol. The molecule has 1 saturated carbocycles. The maximum absolute atomic E-state index is 11.9. The number of thiophene rings is 1. The van der Waals surface area contributed by atoms with Crippen LogP contribution in [0.1, 0.15) is 42.8 Å². The SMILES string of the molecule is CC1CCC(OCC(=O)c2ccc(Br)s2)CC1C. The normalized spacial score (nSPS) is 28.3. The zero-order valence-electron chi connectivity index (χ0n) is 10.8. The maximum atomic E-state index is 11.9. The fraction of sp³-hybridized carbons (Fsp3) is 0.643. The first-order chi connectivity index (χ1) is 8.56. The van der Waals surface area contributed by atoms with Crippen LogP contribution in [0.15, 0.2) is 15.9 Å². The number of halogens is 1. The van der Waals surface area contributed by atoms with Gasteiger partial charge in [-0.05, 0) is 59.2 Å². The third-order valence-corrected chi connectivity index (χ3v) is 5.51. The van der Waals surface area contributed by atoms with E-state index in [9.17, 15) is 4.79 Å². The van der Waals surface area contributed by atoms with Gasteiger partial charge in [-0.2, -0.15) is 0 Å². The van der Waals surface area contributed by atoms with Crippen LogP contribution in [0.5, 0.6) is 0 Å². The lowest BCUT2D eigenvalue weighted by Crippen LogP contribution is -2.28. The number of rotatable bonds is 4. The number of carbonyl (C=O) groups is 1. The minimum Gasteiger partial charge on any atom is -0.370 e. The van der Waals surface area contributed by atoms with Crippen molar-refractivity contribution < 1.29 is 9.53 Å². The van der Waals surface area contributed by atoms with Crippen molar-refractivity contribution in [1.82, 2.24) is 0 Å². The van der Waals surface area contributed by atoms with Crippen molar-refractivity contribution in [3.8, 4) is 0 Å². The van der Waals surface area contributed by atoms with Gasteiger partial charge in [0.15, 0.2) is 5.78 Å². The lowest BCUT2D eigenvalue weighted by Gasteiger charge is -2.31. The van der Waals surface area contributed by atoms with Crippen LogP contribution in [0.2, 0.25) is 0 Å². The summed E-state index contributed by atoms with van der Waals surface area (Å²) in [5.41, 5.74) is 0. The van der Waals surface area contributed by atoms with E-state index in [-0.39, 0.29) is 18.5 Å². The summed E-state index contributed by atoms with van der Waals surface area (Å²) in [6.45, 7) is 4.80. The fourth-order valence-electron chi connectivity index (χ4n) is 2.38. The van der Waals surface area contributed by atoms with Gasteiger partial charge in [-0.25, -0.2) is 0 Å². The van der Waals surface area contributed by atoms with Gasteiger partial charge in [0.25, 0.3) is 0 Å². The molecule has 2 nitrogen and oxygen atoms in total. The lowest BCUT2D eigenvalue weighted by atomic mass is 9.80. The Kier molecular flexibility index (Phi) is 4.98. The molecule has 0 aromatic carbocycles. The number of ketones is 1. The molecule has 0 N–H and O–H groups in total. The van der Waals surface area contributed by atoms with Crippen LogP contribution >= 0.6 is 27.3 Å². The molecule has 0 aliphatic heterocycles. The van der Waals surface area contributed by atoms with Gasteiger partial charge in [0.05, 0.1) is 14.8 Å². The number of hydrogen-bond donors (Lipinski definition) is 0. The number of hydrogen-bond acceptors (Lipinski definition) is 3. The summed E-state index contributed by atoms with van der Waals surface area (Å²) >= 11 is 4.84. The second-order valence-corrected chi connectivity index (χ2v) is 7.69. The van der Waals surface area contributed by atoms with Crippen LogP contribution in [-0.4, -0.2) is 18.5 Å². The Morgan fingerprint density at radius 3 is 2.78 bits per heavy atom. The molecule has 3 unspecified atom stereocenters. The summed E-state index contributed by atoms with van der Waals surface area (Å²) < 4.78 is 6.76. The van der Waals surface area contributed by atoms with Gasteiger partial charge < -0.3 is 4.74 Å². The molecule has 18 heavy (non-hydrogen) atoms. The van der Waals surface area contributed by atoms with E-state index in [1.54, 1.807) is 0 Å². The smallest absolute Gasteiger partial charge is 0.198 e. The highest BCUT2D eigenvalue weighted by atomic mass is 79.9. The molecule has 1 fully saturated rings. The molecule has 0 radical (unpaired) electrons. The molecule has 4 heteroatoms. The van der Waals surface area contributed by atoms with Crippen molar-refractivity contribution in [3.63, 3.8) is 0 Å². The first-order valence-corrected chi connectivity index (χ1v) is 8.07. The van der Waals surface area contributed by atoms with E-state index in [0.29, 0.717) is 5.92 Å². The molecule has 0 saturated heterocycles. The van der Waals surface area contributed by atoms with Crippen molar-refractivity contribution >= 4 is 33.0 Å². The molecular formula is C14H19BrO2S. The molecule has 1 aliphatic rings. The average molecular weight is 331 g/mol. The first-order valence-electron chi connectivity index (χ1n) is 6.46. The molecule has 1 aliphatic carbocycles. The van der Waals surface area contributed by atoms with Gasteiger partial charge >= 0.3 is 0 Å². The van der Waals surface area contributed by atoms with Gasteiger partial charge in [0.1, 0.15) is 6.61 Å². The van der Waals surface area contributed by atoms with E-state index in [2.05, 4.69) is 29.8 Å². The van der Waals surface area contributed by atoms with Crippen molar-refractivity contribution in [2.24, 2.45) is 11.8 Å². The summed E-state index contributed by atoms with van der Waals surface area (Å²) in [5.74, 6) is 1.58. The zero-order chi connectivity index (χ0) is 13.1. The van der Waals surface area contributed by atoms with Gasteiger partial charge in [-0.3, -0.25) is 4.79 Å². The van der Waals surface area contributed by atoms with Crippen molar-refractivity contribution in [1.29, 1.82) is 0 Å². The molecule has 1 aromatic heterocycles. The predicted octanol–water partition coefficient (Wildman–Crippen LogP) is 4.53. The second-order valence-electron chi connectivity index (χ2n) is 5.23. The zero-order valence-corrected chi connectivity index (χ0v) is 13.2. The van der Waals surface area contributed by atoms with Gasteiger partial charge in [0, 0.05) is 0 Å². The molecule has 2 rings (SSSR count). The third kappa shape index (κ3) is 3.65. The van der Waals surface area contributed by atoms with Gasteiger partial charge in [-0.1, -0.05) is 13.8 Å². The molecule has 3 atom stereocenters. The van der Waals surface area contributed by atoms with Crippen LogP contribution in [0.25, 0.3) is 0 Å². The molecule has 100 valence electrons. The van der Waals surface area contributed by atoms with E-state index in [1.807, 2.05) is 12.1 Å². The lowest BCUT2D eigenvalue weighted by molar-refractivity contribution is 0.00723. The van der Waals surface area contributed by atoms with Crippen molar-refractivity contribution in [2.45, 2.75) is 39.2 Å². The summed E-state index contributed by atoms with van der Waals surface area (Å²) in [6.07, 6.45) is 3.66. The Balaban J connectivity index is 1.80. The quantitative estimate of drug-likeness (QED) is 0.758. The highest BCUT2D eigenvalue weighted by Crippen LogP contribution is 2.31. The van der Waals surface area contributed by atoms with Crippen LogP contribution in [0.3, 0.4) is 0 Å². The van der Waals surface area contributed by atoms with Crippen molar-refractivity contribution in [2.75, 3.05) is 6.61 Å². The van der Waals surface area contributed by atoms with E-state index in [4.69, 9.17) is 4.74 Å². The van der Waals surface area contributed by atoms with Crippen LogP contribution in [-0.2, 0) is 4.74 Å². The minimum atomic E-state index is 0.0944. The molecule has 0 spiro atoms. The largest absolute Gasteiger partial charge is 0.370 e. The molecule has 0 bridgehead atoms. The second kappa shape index (κ2) is 6.31.